The Labute approximate surface area is 205 Å². The number of hydrogen-bond acceptors (Lipinski definition) is 6. The highest BCUT2D eigenvalue weighted by atomic mass is 79.9. The van der Waals surface area contributed by atoms with Gasteiger partial charge in [-0.15, -0.1) is 0 Å². The Morgan fingerprint density at radius 2 is 1.88 bits per heavy atom. The van der Waals surface area contributed by atoms with Gasteiger partial charge in [-0.3, -0.25) is 9.36 Å². The summed E-state index contributed by atoms with van der Waals surface area (Å²) in [5, 5.41) is 0. The SMILES string of the molecule is CCOC(=O)C1=C(C)N=c2s/c(=C\c3ccc(OC(F)F)cc3)c(=O)n2C1c1ccc(Br)cc1. The first-order chi connectivity index (χ1) is 16.3. The van der Waals surface area contributed by atoms with Crippen molar-refractivity contribution in [1.82, 2.24) is 4.57 Å². The van der Waals surface area contributed by atoms with Gasteiger partial charge < -0.3 is 9.47 Å². The Bertz CT molecular complexity index is 1430. The fourth-order valence-electron chi connectivity index (χ4n) is 3.65. The molecule has 0 N–H and O–H groups in total. The molecule has 0 saturated heterocycles. The van der Waals surface area contributed by atoms with Crippen LogP contribution in [0.25, 0.3) is 6.08 Å². The van der Waals surface area contributed by atoms with Crippen LogP contribution in [0.3, 0.4) is 0 Å². The summed E-state index contributed by atoms with van der Waals surface area (Å²) in [5.74, 6) is -0.501. The number of rotatable bonds is 6. The van der Waals surface area contributed by atoms with E-state index in [9.17, 15) is 18.4 Å². The highest BCUT2D eigenvalue weighted by Crippen LogP contribution is 2.31. The summed E-state index contributed by atoms with van der Waals surface area (Å²) in [6.07, 6.45) is 1.65. The molecule has 4 rings (SSSR count). The highest BCUT2D eigenvalue weighted by molar-refractivity contribution is 9.10. The molecule has 0 fully saturated rings. The zero-order valence-electron chi connectivity index (χ0n) is 18.1. The number of aromatic nitrogens is 1. The van der Waals surface area contributed by atoms with E-state index in [0.717, 1.165) is 10.0 Å². The maximum atomic E-state index is 13.5. The molecule has 0 spiro atoms. The van der Waals surface area contributed by atoms with E-state index in [1.54, 1.807) is 32.1 Å². The largest absolute Gasteiger partial charge is 0.463 e. The van der Waals surface area contributed by atoms with Crippen molar-refractivity contribution < 1.29 is 23.0 Å². The Balaban J connectivity index is 1.85. The first-order valence-electron chi connectivity index (χ1n) is 10.3. The zero-order valence-corrected chi connectivity index (χ0v) is 20.5. The molecule has 0 bridgehead atoms. The van der Waals surface area contributed by atoms with Crippen LogP contribution in [-0.2, 0) is 9.53 Å². The minimum Gasteiger partial charge on any atom is -0.463 e. The third-order valence-electron chi connectivity index (χ3n) is 5.11. The summed E-state index contributed by atoms with van der Waals surface area (Å²) in [6, 6.07) is 12.6. The van der Waals surface area contributed by atoms with E-state index in [2.05, 4.69) is 25.7 Å². The van der Waals surface area contributed by atoms with Gasteiger partial charge in [0.15, 0.2) is 4.80 Å². The standard InChI is InChI=1S/C24H19BrF2N2O4S/c1-3-32-22(31)19-13(2)28-24-29(20(19)15-6-8-16(25)9-7-15)21(30)18(34-24)12-14-4-10-17(11-5-14)33-23(26)27/h4-12,20,23H,3H2,1-2H3/b18-12-. The van der Waals surface area contributed by atoms with E-state index in [-0.39, 0.29) is 17.9 Å². The van der Waals surface area contributed by atoms with Crippen LogP contribution in [0.1, 0.15) is 31.0 Å². The van der Waals surface area contributed by atoms with Crippen molar-refractivity contribution in [2.75, 3.05) is 6.61 Å². The van der Waals surface area contributed by atoms with Crippen molar-refractivity contribution in [3.63, 3.8) is 0 Å². The highest BCUT2D eigenvalue weighted by Gasteiger charge is 2.33. The van der Waals surface area contributed by atoms with Gasteiger partial charge in [-0.1, -0.05) is 51.5 Å². The number of hydrogen-bond donors (Lipinski definition) is 0. The molecule has 1 atom stereocenters. The van der Waals surface area contributed by atoms with Crippen LogP contribution in [0.15, 0.2) is 74.1 Å². The normalized spacial score (nSPS) is 15.8. The number of carbonyl (C=O) groups excluding carboxylic acids is 1. The molecular weight excluding hydrogens is 530 g/mol. The third kappa shape index (κ3) is 4.88. The van der Waals surface area contributed by atoms with Crippen LogP contribution < -0.4 is 19.6 Å². The number of thiazole rings is 1. The second kappa shape index (κ2) is 10.0. The summed E-state index contributed by atoms with van der Waals surface area (Å²) in [5.41, 5.74) is 1.83. The third-order valence-corrected chi connectivity index (χ3v) is 6.62. The van der Waals surface area contributed by atoms with Gasteiger partial charge in [0, 0.05) is 4.47 Å². The Kier molecular flexibility index (Phi) is 7.08. The summed E-state index contributed by atoms with van der Waals surface area (Å²) in [6.45, 7) is 0.717. The molecule has 176 valence electrons. The van der Waals surface area contributed by atoms with Gasteiger partial charge in [-0.2, -0.15) is 8.78 Å². The number of nitrogens with zero attached hydrogens (tertiary/aromatic N) is 2. The molecule has 0 radical (unpaired) electrons. The van der Waals surface area contributed by atoms with Crippen LogP contribution in [0, 0.1) is 0 Å². The van der Waals surface area contributed by atoms with E-state index in [1.807, 2.05) is 24.3 Å². The number of carbonyl (C=O) groups is 1. The maximum absolute atomic E-state index is 13.5. The first-order valence-corrected chi connectivity index (χ1v) is 11.9. The van der Waals surface area contributed by atoms with Crippen molar-refractivity contribution in [3.8, 4) is 5.75 Å². The smallest absolute Gasteiger partial charge is 0.387 e. The van der Waals surface area contributed by atoms with E-state index in [1.165, 1.54) is 28.0 Å². The Morgan fingerprint density at radius 1 is 1.21 bits per heavy atom. The predicted molar refractivity (Wildman–Crippen MR) is 128 cm³/mol. The molecule has 34 heavy (non-hydrogen) atoms. The average Bonchev–Trinajstić information content (AvgIpc) is 3.09. The molecule has 2 aromatic carbocycles. The maximum Gasteiger partial charge on any atom is 0.387 e. The van der Waals surface area contributed by atoms with Gasteiger partial charge in [0.2, 0.25) is 0 Å². The lowest BCUT2D eigenvalue weighted by molar-refractivity contribution is -0.139. The van der Waals surface area contributed by atoms with Gasteiger partial charge in [0.25, 0.3) is 5.56 Å². The molecule has 10 heteroatoms. The number of ether oxygens (including phenoxy) is 2. The summed E-state index contributed by atoms with van der Waals surface area (Å²) in [4.78, 5) is 31.3. The summed E-state index contributed by atoms with van der Waals surface area (Å²) < 4.78 is 37.2. The van der Waals surface area contributed by atoms with Crippen molar-refractivity contribution >= 4 is 39.3 Å². The van der Waals surface area contributed by atoms with E-state index in [4.69, 9.17) is 4.74 Å². The molecule has 1 aromatic heterocycles. The second-order valence-corrected chi connectivity index (χ2v) is 9.23. The van der Waals surface area contributed by atoms with Gasteiger partial charge in [0.1, 0.15) is 5.75 Å². The van der Waals surface area contributed by atoms with Crippen molar-refractivity contribution in [3.05, 3.63) is 95.1 Å². The first kappa shape index (κ1) is 24.0. The number of halogens is 3. The lowest BCUT2D eigenvalue weighted by Crippen LogP contribution is -2.39. The number of esters is 1. The van der Waals surface area contributed by atoms with E-state index < -0.39 is 18.6 Å². The van der Waals surface area contributed by atoms with Gasteiger partial charge >= 0.3 is 12.6 Å². The molecule has 1 aliphatic rings. The monoisotopic (exact) mass is 548 g/mol. The second-order valence-electron chi connectivity index (χ2n) is 7.30. The Hall–Kier alpha value is -3.11. The fraction of sp³-hybridized carbons (Fsp3) is 0.208. The number of alkyl halides is 2. The number of allylic oxidation sites excluding steroid dienone is 1. The van der Waals surface area contributed by atoms with Crippen molar-refractivity contribution in [2.45, 2.75) is 26.5 Å². The zero-order chi connectivity index (χ0) is 24.4. The average molecular weight is 549 g/mol. The molecule has 1 unspecified atom stereocenters. The van der Waals surface area contributed by atoms with Gasteiger partial charge in [-0.05, 0) is 55.3 Å². The predicted octanol–water partition coefficient (Wildman–Crippen LogP) is 4.16. The van der Waals surface area contributed by atoms with Gasteiger partial charge in [-0.25, -0.2) is 9.79 Å². The molecule has 1 aliphatic heterocycles. The Morgan fingerprint density at radius 3 is 2.50 bits per heavy atom. The molecular formula is C24H19BrF2N2O4S. The fourth-order valence-corrected chi connectivity index (χ4v) is 4.96. The summed E-state index contributed by atoms with van der Waals surface area (Å²) >= 11 is 4.60. The van der Waals surface area contributed by atoms with Crippen LogP contribution in [0.4, 0.5) is 8.78 Å². The molecule has 0 saturated carbocycles. The molecule has 0 aliphatic carbocycles. The van der Waals surface area contributed by atoms with E-state index >= 15 is 0 Å². The molecule has 0 amide bonds. The lowest BCUT2D eigenvalue weighted by atomic mass is 9.96. The number of benzene rings is 2. The summed E-state index contributed by atoms with van der Waals surface area (Å²) in [7, 11) is 0. The van der Waals surface area contributed by atoms with Gasteiger partial charge in [0.05, 0.1) is 28.5 Å². The topological polar surface area (TPSA) is 69.9 Å². The van der Waals surface area contributed by atoms with Crippen molar-refractivity contribution in [2.24, 2.45) is 4.99 Å². The number of fused-ring (bicyclic) bond motifs is 1. The lowest BCUT2D eigenvalue weighted by Gasteiger charge is -2.24. The van der Waals surface area contributed by atoms with Crippen LogP contribution in [-0.4, -0.2) is 23.8 Å². The van der Waals surface area contributed by atoms with E-state index in [0.29, 0.717) is 26.2 Å². The minimum absolute atomic E-state index is 0.0264. The quantitative estimate of drug-likeness (QED) is 0.433. The molecule has 6 nitrogen and oxygen atoms in total. The van der Waals surface area contributed by atoms with Crippen LogP contribution in [0.5, 0.6) is 5.75 Å². The van der Waals surface area contributed by atoms with Crippen LogP contribution in [0.2, 0.25) is 0 Å². The van der Waals surface area contributed by atoms with Crippen LogP contribution >= 0.6 is 27.3 Å². The molecule has 3 aromatic rings. The molecule has 2 heterocycles. The minimum atomic E-state index is -2.91. The van der Waals surface area contributed by atoms with Crippen molar-refractivity contribution in [1.29, 1.82) is 0 Å².